The fourth-order valence-corrected chi connectivity index (χ4v) is 3.60. The van der Waals surface area contributed by atoms with Crippen LogP contribution in [0.5, 0.6) is 0 Å². The highest BCUT2D eigenvalue weighted by Gasteiger charge is 2.27. The molecular weight excluding hydrogens is 312 g/mol. The molecule has 0 aromatic heterocycles. The molecule has 0 radical (unpaired) electrons. The first-order chi connectivity index (χ1) is 9.65. The lowest BCUT2D eigenvalue weighted by atomic mass is 9.91. The minimum atomic E-state index is 0.643. The zero-order valence-electron chi connectivity index (χ0n) is 12.5. The van der Waals surface area contributed by atoms with Crippen molar-refractivity contribution in [3.63, 3.8) is 0 Å². The molecule has 0 spiro atoms. The molecule has 1 aromatic carbocycles. The Morgan fingerprint density at radius 2 is 2.05 bits per heavy atom. The van der Waals surface area contributed by atoms with Crippen LogP contribution in [0.2, 0.25) is 0 Å². The SMILES string of the molecule is CC1CCCN(c2ccc(Br)cc2CNC2CC2)C1C. The lowest BCUT2D eigenvalue weighted by Crippen LogP contribution is -2.43. The van der Waals surface area contributed by atoms with Crippen molar-refractivity contribution in [3.8, 4) is 0 Å². The van der Waals surface area contributed by atoms with Gasteiger partial charge in [-0.2, -0.15) is 0 Å². The van der Waals surface area contributed by atoms with Gasteiger partial charge in [0.15, 0.2) is 0 Å². The van der Waals surface area contributed by atoms with Crippen LogP contribution in [0.4, 0.5) is 5.69 Å². The number of benzene rings is 1. The predicted octanol–water partition coefficient (Wildman–Crippen LogP) is 4.33. The zero-order chi connectivity index (χ0) is 14.1. The monoisotopic (exact) mass is 336 g/mol. The highest BCUT2D eigenvalue weighted by molar-refractivity contribution is 9.10. The van der Waals surface area contributed by atoms with Crippen molar-refractivity contribution < 1.29 is 0 Å². The van der Waals surface area contributed by atoms with E-state index < -0.39 is 0 Å². The van der Waals surface area contributed by atoms with E-state index in [0.717, 1.165) is 18.5 Å². The number of hydrogen-bond acceptors (Lipinski definition) is 2. The molecule has 1 aliphatic heterocycles. The van der Waals surface area contributed by atoms with Gasteiger partial charge in [0.05, 0.1) is 0 Å². The first-order valence-electron chi connectivity index (χ1n) is 7.93. The second-order valence-electron chi connectivity index (χ2n) is 6.48. The lowest BCUT2D eigenvalue weighted by Gasteiger charge is -2.40. The van der Waals surface area contributed by atoms with Crippen LogP contribution < -0.4 is 10.2 Å². The minimum Gasteiger partial charge on any atom is -0.368 e. The van der Waals surface area contributed by atoms with Gasteiger partial charge in [0.1, 0.15) is 0 Å². The molecule has 110 valence electrons. The second-order valence-corrected chi connectivity index (χ2v) is 7.40. The third-order valence-corrected chi connectivity index (χ3v) is 5.38. The summed E-state index contributed by atoms with van der Waals surface area (Å²) in [4.78, 5) is 2.62. The summed E-state index contributed by atoms with van der Waals surface area (Å²) in [5.41, 5.74) is 2.87. The van der Waals surface area contributed by atoms with E-state index in [0.29, 0.717) is 6.04 Å². The van der Waals surface area contributed by atoms with Crippen molar-refractivity contribution in [2.75, 3.05) is 11.4 Å². The van der Waals surface area contributed by atoms with Gasteiger partial charge in [-0.25, -0.2) is 0 Å². The van der Waals surface area contributed by atoms with Crippen molar-refractivity contribution in [1.82, 2.24) is 5.32 Å². The molecule has 0 bridgehead atoms. The molecule has 0 amide bonds. The van der Waals surface area contributed by atoms with Crippen molar-refractivity contribution >= 4 is 21.6 Å². The van der Waals surface area contributed by atoms with Gasteiger partial charge in [0.2, 0.25) is 0 Å². The number of anilines is 1. The summed E-state index contributed by atoms with van der Waals surface area (Å²) in [5, 5.41) is 3.66. The van der Waals surface area contributed by atoms with Gasteiger partial charge >= 0.3 is 0 Å². The topological polar surface area (TPSA) is 15.3 Å². The van der Waals surface area contributed by atoms with Crippen LogP contribution in [-0.4, -0.2) is 18.6 Å². The number of nitrogens with zero attached hydrogens (tertiary/aromatic N) is 1. The summed E-state index contributed by atoms with van der Waals surface area (Å²) in [6.07, 6.45) is 5.38. The molecule has 2 fully saturated rings. The molecule has 2 atom stereocenters. The van der Waals surface area contributed by atoms with Gasteiger partial charge in [0, 0.05) is 35.3 Å². The van der Waals surface area contributed by atoms with Gasteiger partial charge in [-0.15, -0.1) is 0 Å². The zero-order valence-corrected chi connectivity index (χ0v) is 14.1. The van der Waals surface area contributed by atoms with E-state index >= 15 is 0 Å². The summed E-state index contributed by atoms with van der Waals surface area (Å²) in [6, 6.07) is 8.17. The second kappa shape index (κ2) is 6.07. The standard InChI is InChI=1S/C17H25BrN2/c1-12-4-3-9-20(13(12)2)17-8-5-15(18)10-14(17)11-19-16-6-7-16/h5,8,10,12-13,16,19H,3-4,6-7,9,11H2,1-2H3. The maximum atomic E-state index is 3.66. The molecule has 1 saturated carbocycles. The van der Waals surface area contributed by atoms with Crippen LogP contribution in [0.25, 0.3) is 0 Å². The molecule has 2 aliphatic rings. The highest BCUT2D eigenvalue weighted by Crippen LogP contribution is 2.32. The molecule has 1 saturated heterocycles. The number of rotatable bonds is 4. The molecule has 2 nitrogen and oxygen atoms in total. The van der Waals surface area contributed by atoms with Gasteiger partial charge in [-0.1, -0.05) is 22.9 Å². The van der Waals surface area contributed by atoms with E-state index in [1.807, 2.05) is 0 Å². The summed E-state index contributed by atoms with van der Waals surface area (Å²) in [7, 11) is 0. The van der Waals surface area contributed by atoms with Gasteiger partial charge in [-0.3, -0.25) is 0 Å². The molecule has 3 rings (SSSR count). The molecule has 1 aliphatic carbocycles. The van der Waals surface area contributed by atoms with Crippen LogP contribution in [-0.2, 0) is 6.54 Å². The van der Waals surface area contributed by atoms with Crippen molar-refractivity contribution in [3.05, 3.63) is 28.2 Å². The number of halogens is 1. The normalized spacial score (nSPS) is 26.9. The van der Waals surface area contributed by atoms with E-state index in [1.54, 1.807) is 0 Å². The van der Waals surface area contributed by atoms with E-state index in [1.165, 1.54) is 48.0 Å². The van der Waals surface area contributed by atoms with Crippen LogP contribution in [0.15, 0.2) is 22.7 Å². The van der Waals surface area contributed by atoms with Crippen LogP contribution >= 0.6 is 15.9 Å². The molecule has 3 heteroatoms. The summed E-state index contributed by atoms with van der Waals surface area (Å²) >= 11 is 3.62. The van der Waals surface area contributed by atoms with E-state index in [-0.39, 0.29) is 0 Å². The number of hydrogen-bond donors (Lipinski definition) is 1. The van der Waals surface area contributed by atoms with Crippen LogP contribution in [0.3, 0.4) is 0 Å². The number of piperidine rings is 1. The van der Waals surface area contributed by atoms with Gasteiger partial charge in [-0.05, 0) is 62.3 Å². The molecular formula is C17H25BrN2. The minimum absolute atomic E-state index is 0.643. The first kappa shape index (κ1) is 14.4. The maximum Gasteiger partial charge on any atom is 0.0415 e. The average Bonchev–Trinajstić information content (AvgIpc) is 3.24. The van der Waals surface area contributed by atoms with E-state index in [9.17, 15) is 0 Å². The third kappa shape index (κ3) is 3.20. The quantitative estimate of drug-likeness (QED) is 0.880. The third-order valence-electron chi connectivity index (χ3n) is 4.88. The van der Waals surface area contributed by atoms with Crippen LogP contribution in [0, 0.1) is 5.92 Å². The van der Waals surface area contributed by atoms with Gasteiger partial charge < -0.3 is 10.2 Å². The predicted molar refractivity (Wildman–Crippen MR) is 89.2 cm³/mol. The number of nitrogens with one attached hydrogen (secondary N) is 1. The fourth-order valence-electron chi connectivity index (χ4n) is 3.19. The van der Waals surface area contributed by atoms with Gasteiger partial charge in [0.25, 0.3) is 0 Å². The Labute approximate surface area is 131 Å². The Morgan fingerprint density at radius 3 is 2.80 bits per heavy atom. The first-order valence-corrected chi connectivity index (χ1v) is 8.73. The summed E-state index contributed by atoms with van der Waals surface area (Å²) in [6.45, 7) is 6.96. The molecule has 2 unspecified atom stereocenters. The highest BCUT2D eigenvalue weighted by atomic mass is 79.9. The van der Waals surface area contributed by atoms with E-state index in [4.69, 9.17) is 0 Å². The van der Waals surface area contributed by atoms with Crippen molar-refractivity contribution in [2.24, 2.45) is 5.92 Å². The molecule has 1 heterocycles. The van der Waals surface area contributed by atoms with Crippen molar-refractivity contribution in [1.29, 1.82) is 0 Å². The smallest absolute Gasteiger partial charge is 0.0415 e. The fraction of sp³-hybridized carbons (Fsp3) is 0.647. The summed E-state index contributed by atoms with van der Waals surface area (Å²) in [5.74, 6) is 0.789. The Bertz CT molecular complexity index is 470. The van der Waals surface area contributed by atoms with E-state index in [2.05, 4.69) is 58.2 Å². The molecule has 20 heavy (non-hydrogen) atoms. The average molecular weight is 337 g/mol. The Kier molecular flexibility index (Phi) is 4.37. The molecule has 1 N–H and O–H groups in total. The van der Waals surface area contributed by atoms with Crippen molar-refractivity contribution in [2.45, 2.75) is 58.2 Å². The summed E-state index contributed by atoms with van der Waals surface area (Å²) < 4.78 is 1.19. The van der Waals surface area contributed by atoms with Crippen LogP contribution in [0.1, 0.15) is 45.1 Å². The Hall–Kier alpha value is -0.540. The Balaban J connectivity index is 1.82. The largest absolute Gasteiger partial charge is 0.368 e. The Morgan fingerprint density at radius 1 is 1.25 bits per heavy atom. The maximum absolute atomic E-state index is 3.66. The molecule has 1 aromatic rings. The lowest BCUT2D eigenvalue weighted by molar-refractivity contribution is 0.363.